The quantitative estimate of drug-likeness (QED) is 0.683. The van der Waals surface area contributed by atoms with Crippen LogP contribution in [0.25, 0.3) is 0 Å². The van der Waals surface area contributed by atoms with Crippen LogP contribution in [0.1, 0.15) is 19.8 Å². The van der Waals surface area contributed by atoms with Crippen molar-refractivity contribution >= 4 is 12.0 Å². The standard InChI is InChI=1S/C11H23N3O3/c1-9(5-6-10(15)16)12-11(17)14(4)8-7-13(2)3/h9H,5-8H2,1-4H3,(H,12,17)(H,15,16). The Morgan fingerprint density at radius 3 is 2.29 bits per heavy atom. The number of rotatable bonds is 7. The molecule has 0 aromatic carbocycles. The number of nitrogens with zero attached hydrogens (tertiary/aromatic N) is 2. The molecule has 0 heterocycles. The van der Waals surface area contributed by atoms with Gasteiger partial charge in [-0.05, 0) is 27.4 Å². The first-order chi connectivity index (χ1) is 7.82. The van der Waals surface area contributed by atoms with Crippen molar-refractivity contribution in [3.8, 4) is 0 Å². The number of carboxylic acids is 1. The second-order valence-electron chi connectivity index (χ2n) is 4.51. The maximum Gasteiger partial charge on any atom is 0.317 e. The Balaban J connectivity index is 3.86. The fraction of sp³-hybridized carbons (Fsp3) is 0.818. The first-order valence-corrected chi connectivity index (χ1v) is 5.71. The second-order valence-corrected chi connectivity index (χ2v) is 4.51. The number of hydrogen-bond acceptors (Lipinski definition) is 3. The molecule has 0 saturated carbocycles. The van der Waals surface area contributed by atoms with E-state index in [0.29, 0.717) is 13.0 Å². The van der Waals surface area contributed by atoms with E-state index in [9.17, 15) is 9.59 Å². The van der Waals surface area contributed by atoms with E-state index < -0.39 is 5.97 Å². The van der Waals surface area contributed by atoms with E-state index in [1.54, 1.807) is 18.9 Å². The number of carbonyl (C=O) groups excluding carboxylic acids is 1. The van der Waals surface area contributed by atoms with Crippen LogP contribution in [0.5, 0.6) is 0 Å². The van der Waals surface area contributed by atoms with Gasteiger partial charge in [0.25, 0.3) is 0 Å². The highest BCUT2D eigenvalue weighted by molar-refractivity contribution is 5.74. The molecule has 0 aromatic heterocycles. The number of aliphatic carboxylic acids is 1. The van der Waals surface area contributed by atoms with Crippen LogP contribution in [-0.4, -0.2) is 67.2 Å². The third-order valence-electron chi connectivity index (χ3n) is 2.39. The smallest absolute Gasteiger partial charge is 0.317 e. The number of nitrogens with one attached hydrogen (secondary N) is 1. The first-order valence-electron chi connectivity index (χ1n) is 5.71. The minimum Gasteiger partial charge on any atom is -0.481 e. The van der Waals surface area contributed by atoms with Gasteiger partial charge in [0.05, 0.1) is 0 Å². The van der Waals surface area contributed by atoms with Gasteiger partial charge in [0, 0.05) is 32.6 Å². The highest BCUT2D eigenvalue weighted by Gasteiger charge is 2.12. The number of carboxylic acid groups (broad SMARTS) is 1. The number of amides is 2. The Hall–Kier alpha value is -1.30. The molecule has 0 radical (unpaired) electrons. The molecule has 1 atom stereocenters. The monoisotopic (exact) mass is 245 g/mol. The van der Waals surface area contributed by atoms with Gasteiger partial charge in [0.2, 0.25) is 0 Å². The van der Waals surface area contributed by atoms with Crippen molar-refractivity contribution < 1.29 is 14.7 Å². The van der Waals surface area contributed by atoms with Crippen LogP contribution in [0.15, 0.2) is 0 Å². The number of likely N-dealkylation sites (N-methyl/N-ethyl adjacent to an activating group) is 2. The molecular weight excluding hydrogens is 222 g/mol. The molecule has 2 N–H and O–H groups in total. The highest BCUT2D eigenvalue weighted by Crippen LogP contribution is 1.97. The maximum absolute atomic E-state index is 11.7. The summed E-state index contributed by atoms with van der Waals surface area (Å²) in [7, 11) is 5.62. The zero-order valence-electron chi connectivity index (χ0n) is 11.1. The lowest BCUT2D eigenvalue weighted by Crippen LogP contribution is -2.44. The molecule has 100 valence electrons. The van der Waals surface area contributed by atoms with Crippen LogP contribution in [0.3, 0.4) is 0 Å². The molecule has 0 aromatic rings. The van der Waals surface area contributed by atoms with E-state index in [1.807, 2.05) is 19.0 Å². The van der Waals surface area contributed by atoms with Crippen LogP contribution in [0.4, 0.5) is 4.79 Å². The molecule has 17 heavy (non-hydrogen) atoms. The van der Waals surface area contributed by atoms with Crippen molar-refractivity contribution in [3.63, 3.8) is 0 Å². The van der Waals surface area contributed by atoms with Gasteiger partial charge in [0.1, 0.15) is 0 Å². The molecule has 0 fully saturated rings. The van der Waals surface area contributed by atoms with E-state index in [-0.39, 0.29) is 18.5 Å². The average molecular weight is 245 g/mol. The molecule has 0 saturated heterocycles. The van der Waals surface area contributed by atoms with E-state index in [0.717, 1.165) is 6.54 Å². The van der Waals surface area contributed by atoms with Gasteiger partial charge in [-0.2, -0.15) is 0 Å². The lowest BCUT2D eigenvalue weighted by Gasteiger charge is -2.22. The summed E-state index contributed by atoms with van der Waals surface area (Å²) in [5.41, 5.74) is 0. The van der Waals surface area contributed by atoms with Gasteiger partial charge in [-0.15, -0.1) is 0 Å². The van der Waals surface area contributed by atoms with Crippen molar-refractivity contribution in [2.24, 2.45) is 0 Å². The van der Waals surface area contributed by atoms with Crippen molar-refractivity contribution in [1.82, 2.24) is 15.1 Å². The zero-order chi connectivity index (χ0) is 13.4. The van der Waals surface area contributed by atoms with Crippen LogP contribution >= 0.6 is 0 Å². The average Bonchev–Trinajstić information content (AvgIpc) is 2.22. The largest absolute Gasteiger partial charge is 0.481 e. The SMILES string of the molecule is CC(CCC(=O)O)NC(=O)N(C)CCN(C)C. The topological polar surface area (TPSA) is 72.9 Å². The van der Waals surface area contributed by atoms with Crippen molar-refractivity contribution in [2.75, 3.05) is 34.2 Å². The summed E-state index contributed by atoms with van der Waals surface area (Å²) in [5, 5.41) is 11.3. The van der Waals surface area contributed by atoms with Gasteiger partial charge in [0.15, 0.2) is 0 Å². The molecule has 6 nitrogen and oxygen atoms in total. The lowest BCUT2D eigenvalue weighted by molar-refractivity contribution is -0.137. The van der Waals surface area contributed by atoms with Crippen LogP contribution in [0.2, 0.25) is 0 Å². The first kappa shape index (κ1) is 15.7. The van der Waals surface area contributed by atoms with Gasteiger partial charge >= 0.3 is 12.0 Å². The molecule has 0 rings (SSSR count). The van der Waals surface area contributed by atoms with E-state index in [1.165, 1.54) is 0 Å². The summed E-state index contributed by atoms with van der Waals surface area (Å²) in [4.78, 5) is 25.6. The molecule has 0 aliphatic carbocycles. The highest BCUT2D eigenvalue weighted by atomic mass is 16.4. The summed E-state index contributed by atoms with van der Waals surface area (Å²) in [6.07, 6.45) is 0.519. The van der Waals surface area contributed by atoms with E-state index in [4.69, 9.17) is 5.11 Å². The third kappa shape index (κ3) is 8.50. The number of hydrogen-bond donors (Lipinski definition) is 2. The zero-order valence-corrected chi connectivity index (χ0v) is 11.1. The Morgan fingerprint density at radius 1 is 1.24 bits per heavy atom. The summed E-state index contributed by atoms with van der Waals surface area (Å²) < 4.78 is 0. The number of carbonyl (C=O) groups is 2. The van der Waals surface area contributed by atoms with Crippen LogP contribution in [0, 0.1) is 0 Å². The van der Waals surface area contributed by atoms with E-state index >= 15 is 0 Å². The molecule has 0 aliphatic rings. The summed E-state index contributed by atoms with van der Waals surface area (Å²) >= 11 is 0. The lowest BCUT2D eigenvalue weighted by atomic mass is 10.2. The van der Waals surface area contributed by atoms with Crippen LogP contribution < -0.4 is 5.32 Å². The minimum atomic E-state index is -0.841. The summed E-state index contributed by atoms with van der Waals surface area (Å²) in [6.45, 7) is 3.25. The van der Waals surface area contributed by atoms with E-state index in [2.05, 4.69) is 5.32 Å². The third-order valence-corrected chi connectivity index (χ3v) is 2.39. The fourth-order valence-corrected chi connectivity index (χ4v) is 1.18. The molecule has 0 aliphatic heterocycles. The Labute approximate surface area is 103 Å². The molecule has 0 bridgehead atoms. The molecule has 6 heteroatoms. The van der Waals surface area contributed by atoms with Gasteiger partial charge < -0.3 is 20.2 Å². The van der Waals surface area contributed by atoms with Crippen molar-refractivity contribution in [2.45, 2.75) is 25.8 Å². The van der Waals surface area contributed by atoms with Gasteiger partial charge in [-0.25, -0.2) is 4.79 Å². The fourth-order valence-electron chi connectivity index (χ4n) is 1.18. The van der Waals surface area contributed by atoms with Gasteiger partial charge in [-0.1, -0.05) is 0 Å². The predicted octanol–water partition coefficient (Wildman–Crippen LogP) is 0.443. The molecule has 1 unspecified atom stereocenters. The Bertz CT molecular complexity index is 256. The second kappa shape index (κ2) is 7.89. The van der Waals surface area contributed by atoms with Crippen molar-refractivity contribution in [3.05, 3.63) is 0 Å². The van der Waals surface area contributed by atoms with Gasteiger partial charge in [-0.3, -0.25) is 4.79 Å². The number of urea groups is 1. The minimum absolute atomic E-state index is 0.0723. The molecule has 2 amide bonds. The Kier molecular flexibility index (Phi) is 7.29. The molecular formula is C11H23N3O3. The normalized spacial score (nSPS) is 12.3. The molecule has 0 spiro atoms. The van der Waals surface area contributed by atoms with Crippen molar-refractivity contribution in [1.29, 1.82) is 0 Å². The summed E-state index contributed by atoms with van der Waals surface area (Å²) in [5.74, 6) is -0.841. The predicted molar refractivity (Wildman–Crippen MR) is 66.0 cm³/mol. The Morgan fingerprint density at radius 2 is 1.82 bits per heavy atom. The maximum atomic E-state index is 11.7. The van der Waals surface area contributed by atoms with Crippen LogP contribution in [-0.2, 0) is 4.79 Å². The summed E-state index contributed by atoms with van der Waals surface area (Å²) in [6, 6.07) is -0.287.